The Bertz CT molecular complexity index is 1450. The van der Waals surface area contributed by atoms with Crippen LogP contribution < -0.4 is 20.1 Å². The maximum absolute atomic E-state index is 12.5. The third-order valence-electron chi connectivity index (χ3n) is 6.33. The predicted octanol–water partition coefficient (Wildman–Crippen LogP) is 8.15. The van der Waals surface area contributed by atoms with Crippen LogP contribution >= 0.6 is 31.9 Å². The molecule has 0 aliphatic carbocycles. The minimum Gasteiger partial charge on any atom is -0.483 e. The molecule has 2 N–H and O–H groups in total. The van der Waals surface area contributed by atoms with E-state index in [1.54, 1.807) is 0 Å². The van der Waals surface area contributed by atoms with Crippen LogP contribution in [-0.2, 0) is 9.59 Å². The molecular formula is C32H30Br2N2O4. The highest BCUT2D eigenvalue weighted by Crippen LogP contribution is 2.29. The van der Waals surface area contributed by atoms with Gasteiger partial charge in [-0.25, -0.2) is 0 Å². The number of hydrogen-bond acceptors (Lipinski definition) is 4. The van der Waals surface area contributed by atoms with Gasteiger partial charge >= 0.3 is 0 Å². The molecule has 0 atom stereocenters. The van der Waals surface area contributed by atoms with Crippen molar-refractivity contribution in [3.05, 3.63) is 104 Å². The molecule has 0 fully saturated rings. The molecule has 0 spiro atoms. The first-order valence-electron chi connectivity index (χ1n) is 12.7. The van der Waals surface area contributed by atoms with Gasteiger partial charge in [0.15, 0.2) is 13.2 Å². The maximum Gasteiger partial charge on any atom is 0.262 e. The third-order valence-corrected chi connectivity index (χ3v) is 7.31. The van der Waals surface area contributed by atoms with Crippen molar-refractivity contribution in [1.82, 2.24) is 0 Å². The van der Waals surface area contributed by atoms with Gasteiger partial charge in [-0.15, -0.1) is 0 Å². The zero-order chi connectivity index (χ0) is 28.8. The zero-order valence-corrected chi connectivity index (χ0v) is 25.9. The average molecular weight is 666 g/mol. The number of rotatable bonds is 9. The van der Waals surface area contributed by atoms with Gasteiger partial charge in [0.25, 0.3) is 11.8 Å². The summed E-state index contributed by atoms with van der Waals surface area (Å²) in [6, 6.07) is 23.1. The van der Waals surface area contributed by atoms with E-state index in [4.69, 9.17) is 9.47 Å². The molecule has 0 bridgehead atoms. The summed E-state index contributed by atoms with van der Waals surface area (Å²) in [7, 11) is 0. The Morgan fingerprint density at radius 2 is 0.975 bits per heavy atom. The lowest BCUT2D eigenvalue weighted by molar-refractivity contribution is -0.118. The standard InChI is InChI=1S/C32H30Br2N2O4/c1-19-13-23(5-9-27(19)35-31(37)17-39-29-11-7-25(33)15-21(29)3)24-6-10-28(20(2)14-24)36-32(38)18-40-30-12-8-26(34)16-22(30)4/h5-16H,17-18H2,1-4H3,(H,35,37)(H,36,38). The molecule has 4 rings (SSSR count). The van der Waals surface area contributed by atoms with Crippen LogP contribution in [0.5, 0.6) is 11.5 Å². The van der Waals surface area contributed by atoms with Crippen molar-refractivity contribution in [2.45, 2.75) is 27.7 Å². The third kappa shape index (κ3) is 7.73. The average Bonchev–Trinajstić information content (AvgIpc) is 2.90. The molecule has 206 valence electrons. The second-order valence-corrected chi connectivity index (χ2v) is 11.4. The fourth-order valence-electron chi connectivity index (χ4n) is 4.18. The molecule has 6 nitrogen and oxygen atoms in total. The second-order valence-electron chi connectivity index (χ2n) is 9.55. The normalized spacial score (nSPS) is 10.7. The smallest absolute Gasteiger partial charge is 0.262 e. The van der Waals surface area contributed by atoms with Gasteiger partial charge in [0, 0.05) is 20.3 Å². The fraction of sp³-hybridized carbons (Fsp3) is 0.188. The van der Waals surface area contributed by atoms with Gasteiger partial charge < -0.3 is 20.1 Å². The Morgan fingerprint density at radius 3 is 1.32 bits per heavy atom. The first kappa shape index (κ1) is 29.4. The SMILES string of the molecule is Cc1cc(-c2ccc(NC(=O)COc3ccc(Br)cc3C)c(C)c2)ccc1NC(=O)COc1ccc(Br)cc1C. The van der Waals surface area contributed by atoms with Crippen molar-refractivity contribution in [2.24, 2.45) is 0 Å². The Morgan fingerprint density at radius 1 is 0.575 bits per heavy atom. The van der Waals surface area contributed by atoms with Crippen molar-refractivity contribution in [3.63, 3.8) is 0 Å². The van der Waals surface area contributed by atoms with E-state index < -0.39 is 0 Å². The molecule has 0 unspecified atom stereocenters. The van der Waals surface area contributed by atoms with E-state index in [1.165, 1.54) is 0 Å². The van der Waals surface area contributed by atoms with Crippen LogP contribution in [-0.4, -0.2) is 25.0 Å². The number of carbonyl (C=O) groups is 2. The minimum atomic E-state index is -0.228. The van der Waals surface area contributed by atoms with Crippen molar-refractivity contribution in [1.29, 1.82) is 0 Å². The van der Waals surface area contributed by atoms with Crippen LogP contribution in [0.2, 0.25) is 0 Å². The van der Waals surface area contributed by atoms with E-state index in [1.807, 2.05) is 100 Å². The van der Waals surface area contributed by atoms with Crippen LogP contribution in [0.1, 0.15) is 22.3 Å². The molecule has 0 aromatic heterocycles. The highest BCUT2D eigenvalue weighted by atomic mass is 79.9. The largest absolute Gasteiger partial charge is 0.483 e. The number of nitrogens with one attached hydrogen (secondary N) is 2. The molecule has 2 amide bonds. The number of halogens is 2. The summed E-state index contributed by atoms with van der Waals surface area (Å²) in [6.07, 6.45) is 0. The molecular weight excluding hydrogens is 636 g/mol. The van der Waals surface area contributed by atoms with Gasteiger partial charge in [-0.3, -0.25) is 9.59 Å². The Hall–Kier alpha value is -3.62. The molecule has 0 radical (unpaired) electrons. The van der Waals surface area contributed by atoms with Gasteiger partial charge in [0.1, 0.15) is 11.5 Å². The first-order chi connectivity index (χ1) is 19.1. The summed E-state index contributed by atoms with van der Waals surface area (Å²) in [4.78, 5) is 25.0. The summed E-state index contributed by atoms with van der Waals surface area (Å²) in [6.45, 7) is 7.61. The molecule has 8 heteroatoms. The Kier molecular flexibility index (Phi) is 9.66. The van der Waals surface area contributed by atoms with E-state index >= 15 is 0 Å². The predicted molar refractivity (Wildman–Crippen MR) is 167 cm³/mol. The summed E-state index contributed by atoms with van der Waals surface area (Å²) in [5.41, 5.74) is 7.24. The lowest BCUT2D eigenvalue weighted by atomic mass is 10.00. The van der Waals surface area contributed by atoms with Gasteiger partial charge in [0.2, 0.25) is 0 Å². The van der Waals surface area contributed by atoms with Crippen molar-refractivity contribution >= 4 is 55.0 Å². The number of amides is 2. The lowest BCUT2D eigenvalue weighted by Gasteiger charge is -2.14. The van der Waals surface area contributed by atoms with Gasteiger partial charge in [-0.2, -0.15) is 0 Å². The van der Waals surface area contributed by atoms with Crippen LogP contribution in [0.4, 0.5) is 11.4 Å². The minimum absolute atomic E-state index is 0.0795. The lowest BCUT2D eigenvalue weighted by Crippen LogP contribution is -2.21. The van der Waals surface area contributed by atoms with Crippen molar-refractivity contribution < 1.29 is 19.1 Å². The van der Waals surface area contributed by atoms with Gasteiger partial charge in [0.05, 0.1) is 0 Å². The van der Waals surface area contributed by atoms with E-state index in [0.29, 0.717) is 11.5 Å². The summed E-state index contributed by atoms with van der Waals surface area (Å²) < 4.78 is 13.3. The highest BCUT2D eigenvalue weighted by Gasteiger charge is 2.11. The number of hydrogen-bond donors (Lipinski definition) is 2. The molecule has 4 aromatic carbocycles. The van der Waals surface area contributed by atoms with Gasteiger partial charge in [-0.1, -0.05) is 44.0 Å². The zero-order valence-electron chi connectivity index (χ0n) is 22.7. The molecule has 0 saturated heterocycles. The van der Waals surface area contributed by atoms with Crippen molar-refractivity contribution in [3.8, 4) is 22.6 Å². The summed E-state index contributed by atoms with van der Waals surface area (Å²) in [5.74, 6) is 0.891. The van der Waals surface area contributed by atoms with E-state index in [0.717, 1.165) is 53.7 Å². The number of ether oxygens (including phenoxy) is 2. The number of anilines is 2. The van der Waals surface area contributed by atoms with Crippen molar-refractivity contribution in [2.75, 3.05) is 23.8 Å². The topological polar surface area (TPSA) is 76.7 Å². The van der Waals surface area contributed by atoms with Crippen LogP contribution in [0, 0.1) is 27.7 Å². The number of benzene rings is 4. The summed E-state index contributed by atoms with van der Waals surface area (Å²) >= 11 is 6.85. The fourth-order valence-corrected chi connectivity index (χ4v) is 5.13. The molecule has 0 aliphatic rings. The van der Waals surface area contributed by atoms with Crippen LogP contribution in [0.3, 0.4) is 0 Å². The van der Waals surface area contributed by atoms with Crippen LogP contribution in [0.25, 0.3) is 11.1 Å². The quantitative estimate of drug-likeness (QED) is 0.189. The molecule has 0 aliphatic heterocycles. The van der Waals surface area contributed by atoms with Gasteiger partial charge in [-0.05, 0) is 122 Å². The monoisotopic (exact) mass is 664 g/mol. The first-order valence-corrected chi connectivity index (χ1v) is 14.3. The number of aryl methyl sites for hydroxylation is 4. The summed E-state index contributed by atoms with van der Waals surface area (Å²) in [5, 5.41) is 5.85. The number of carbonyl (C=O) groups excluding carboxylic acids is 2. The van der Waals surface area contributed by atoms with Crippen LogP contribution in [0.15, 0.2) is 81.7 Å². The maximum atomic E-state index is 12.5. The molecule has 4 aromatic rings. The Labute approximate surface area is 251 Å². The van der Waals surface area contributed by atoms with E-state index in [-0.39, 0.29) is 25.0 Å². The molecule has 40 heavy (non-hydrogen) atoms. The van der Waals surface area contributed by atoms with E-state index in [2.05, 4.69) is 42.5 Å². The molecule has 0 heterocycles. The highest BCUT2D eigenvalue weighted by molar-refractivity contribution is 9.10. The Balaban J connectivity index is 1.34. The van der Waals surface area contributed by atoms with E-state index in [9.17, 15) is 9.59 Å². The molecule has 0 saturated carbocycles. The second kappa shape index (κ2) is 13.2.